The number of carbonyl (C=O) groups is 1. The van der Waals surface area contributed by atoms with Gasteiger partial charge in [-0.05, 0) is 42.7 Å². The number of aromatic hydroxyl groups is 1. The van der Waals surface area contributed by atoms with Gasteiger partial charge in [-0.2, -0.15) is 0 Å². The van der Waals surface area contributed by atoms with Crippen LogP contribution in [0.25, 0.3) is 11.6 Å². The maximum absolute atomic E-state index is 13.1. The molecular formula is C21H22BrNO3. The first-order valence-electron chi connectivity index (χ1n) is 8.70. The second-order valence-electron chi connectivity index (χ2n) is 6.66. The number of hydrogen-bond donors (Lipinski definition) is 1. The third-order valence-electron chi connectivity index (χ3n) is 4.19. The van der Waals surface area contributed by atoms with Gasteiger partial charge >= 0.3 is 0 Å². The number of hydrogen-bond acceptors (Lipinski definition) is 3. The van der Waals surface area contributed by atoms with Crippen LogP contribution in [0.2, 0.25) is 0 Å². The number of ether oxygens (including phenoxy) is 1. The molecule has 0 bridgehead atoms. The smallest absolute Gasteiger partial charge is 0.259 e. The van der Waals surface area contributed by atoms with E-state index in [0.717, 1.165) is 16.8 Å². The van der Waals surface area contributed by atoms with Crippen LogP contribution in [0.15, 0.2) is 40.9 Å². The molecule has 0 unspecified atom stereocenters. The molecule has 0 aliphatic carbocycles. The molecule has 0 saturated heterocycles. The third kappa shape index (κ3) is 3.49. The predicted molar refractivity (Wildman–Crippen MR) is 108 cm³/mol. The summed E-state index contributed by atoms with van der Waals surface area (Å²) >= 11 is 3.47. The van der Waals surface area contributed by atoms with Gasteiger partial charge in [0.2, 0.25) is 0 Å². The van der Waals surface area contributed by atoms with Crippen LogP contribution in [0.1, 0.15) is 31.9 Å². The molecule has 0 atom stereocenters. The van der Waals surface area contributed by atoms with E-state index >= 15 is 0 Å². The average molecular weight is 416 g/mol. The molecule has 0 radical (unpaired) electrons. The van der Waals surface area contributed by atoms with E-state index in [2.05, 4.69) is 29.8 Å². The Bertz CT molecular complexity index is 874. The lowest BCUT2D eigenvalue weighted by molar-refractivity contribution is -0.113. The Morgan fingerprint density at radius 2 is 2.00 bits per heavy atom. The second kappa shape index (κ2) is 7.54. The largest absolute Gasteiger partial charge is 0.504 e. The molecule has 0 fully saturated rings. The Morgan fingerprint density at radius 3 is 2.69 bits per heavy atom. The highest BCUT2D eigenvalue weighted by molar-refractivity contribution is 9.10. The van der Waals surface area contributed by atoms with E-state index in [4.69, 9.17) is 4.74 Å². The van der Waals surface area contributed by atoms with Crippen molar-refractivity contribution in [1.29, 1.82) is 0 Å². The molecule has 0 aromatic heterocycles. The first kappa shape index (κ1) is 18.5. The van der Waals surface area contributed by atoms with Crippen LogP contribution in [-0.4, -0.2) is 24.2 Å². The minimum Gasteiger partial charge on any atom is -0.504 e. The van der Waals surface area contributed by atoms with Crippen LogP contribution < -0.4 is 9.64 Å². The molecule has 1 amide bonds. The molecule has 2 aromatic rings. The predicted octanol–water partition coefficient (Wildman–Crippen LogP) is 5.10. The van der Waals surface area contributed by atoms with Gasteiger partial charge in [0.1, 0.15) is 0 Å². The zero-order valence-electron chi connectivity index (χ0n) is 15.1. The maximum atomic E-state index is 13.1. The van der Waals surface area contributed by atoms with E-state index in [1.54, 1.807) is 12.1 Å². The van der Waals surface area contributed by atoms with Gasteiger partial charge in [-0.1, -0.05) is 48.0 Å². The van der Waals surface area contributed by atoms with Gasteiger partial charge in [-0.3, -0.25) is 4.79 Å². The maximum Gasteiger partial charge on any atom is 0.259 e. The van der Waals surface area contributed by atoms with E-state index in [1.807, 2.05) is 42.2 Å². The number of carbonyl (C=O) groups excluding carboxylic acids is 1. The van der Waals surface area contributed by atoms with E-state index in [9.17, 15) is 9.90 Å². The molecule has 3 rings (SSSR count). The SMILES string of the molecule is CCOc1cc(/C=C2\C(=O)N(CC(C)C)c3ccccc32)c(Br)cc1O. The standard InChI is InChI=1S/C21H22BrNO3/c1-4-26-20-10-14(17(22)11-19(20)24)9-16-15-7-5-6-8-18(15)23(21(16)25)12-13(2)3/h5-11,13,24H,4,12H2,1-3H3/b16-9-. The number of anilines is 1. The summed E-state index contributed by atoms with van der Waals surface area (Å²) < 4.78 is 6.18. The number of rotatable bonds is 5. The minimum atomic E-state index is -0.00200. The number of nitrogens with zero attached hydrogens (tertiary/aromatic N) is 1. The summed E-state index contributed by atoms with van der Waals surface area (Å²) in [5, 5.41) is 10.0. The molecule has 5 heteroatoms. The second-order valence-corrected chi connectivity index (χ2v) is 7.51. The van der Waals surface area contributed by atoms with E-state index in [-0.39, 0.29) is 11.7 Å². The Labute approximate surface area is 162 Å². The number of phenols is 1. The Morgan fingerprint density at radius 1 is 1.27 bits per heavy atom. The molecule has 1 heterocycles. The summed E-state index contributed by atoms with van der Waals surface area (Å²) in [6.45, 7) is 7.19. The van der Waals surface area contributed by atoms with Gasteiger partial charge in [0, 0.05) is 22.2 Å². The summed E-state index contributed by atoms with van der Waals surface area (Å²) in [5.74, 6) is 0.843. The molecular weight excluding hydrogens is 394 g/mol. The normalized spacial score (nSPS) is 15.0. The first-order chi connectivity index (χ1) is 12.4. The number of halogens is 1. The van der Waals surface area contributed by atoms with Crippen molar-refractivity contribution in [3.8, 4) is 11.5 Å². The lowest BCUT2D eigenvalue weighted by Gasteiger charge is -2.19. The molecule has 26 heavy (non-hydrogen) atoms. The molecule has 1 aliphatic rings. The molecule has 1 N–H and O–H groups in total. The lowest BCUT2D eigenvalue weighted by Crippen LogP contribution is -2.30. The number of amides is 1. The van der Waals surface area contributed by atoms with Crippen LogP contribution in [0.3, 0.4) is 0 Å². The van der Waals surface area contributed by atoms with Crippen molar-refractivity contribution in [3.05, 3.63) is 52.0 Å². The van der Waals surface area contributed by atoms with E-state index in [1.165, 1.54) is 0 Å². The highest BCUT2D eigenvalue weighted by Crippen LogP contribution is 2.40. The highest BCUT2D eigenvalue weighted by atomic mass is 79.9. The van der Waals surface area contributed by atoms with Gasteiger partial charge in [-0.15, -0.1) is 0 Å². The van der Waals surface area contributed by atoms with Crippen molar-refractivity contribution < 1.29 is 14.6 Å². The average Bonchev–Trinajstić information content (AvgIpc) is 2.84. The fourth-order valence-corrected chi connectivity index (χ4v) is 3.53. The Balaban J connectivity index is 2.09. The van der Waals surface area contributed by atoms with Crippen LogP contribution in [0.4, 0.5) is 5.69 Å². The van der Waals surface area contributed by atoms with E-state index < -0.39 is 0 Å². The summed E-state index contributed by atoms with van der Waals surface area (Å²) in [7, 11) is 0. The molecule has 1 aliphatic heterocycles. The number of phenolic OH excluding ortho intramolecular Hbond substituents is 1. The molecule has 136 valence electrons. The number of para-hydroxylation sites is 1. The quantitative estimate of drug-likeness (QED) is 0.691. The van der Waals surface area contributed by atoms with Crippen molar-refractivity contribution in [2.24, 2.45) is 5.92 Å². The summed E-state index contributed by atoms with van der Waals surface area (Å²) in [6.07, 6.45) is 1.85. The monoisotopic (exact) mass is 415 g/mol. The van der Waals surface area contributed by atoms with Crippen LogP contribution in [0, 0.1) is 5.92 Å². The van der Waals surface area contributed by atoms with Crippen molar-refractivity contribution in [2.75, 3.05) is 18.1 Å². The number of fused-ring (bicyclic) bond motifs is 1. The highest BCUT2D eigenvalue weighted by Gasteiger charge is 2.32. The molecule has 0 spiro atoms. The van der Waals surface area contributed by atoms with Gasteiger partial charge in [0.25, 0.3) is 5.91 Å². The van der Waals surface area contributed by atoms with Crippen LogP contribution in [0.5, 0.6) is 11.5 Å². The van der Waals surface area contributed by atoms with Gasteiger partial charge in [0.15, 0.2) is 11.5 Å². The Kier molecular flexibility index (Phi) is 5.37. The topological polar surface area (TPSA) is 49.8 Å². The zero-order chi connectivity index (χ0) is 18.8. The van der Waals surface area contributed by atoms with Crippen molar-refractivity contribution >= 4 is 39.2 Å². The van der Waals surface area contributed by atoms with Gasteiger partial charge in [0.05, 0.1) is 12.3 Å². The third-order valence-corrected chi connectivity index (χ3v) is 4.87. The first-order valence-corrected chi connectivity index (χ1v) is 9.50. The zero-order valence-corrected chi connectivity index (χ0v) is 16.7. The molecule has 4 nitrogen and oxygen atoms in total. The Hall–Kier alpha value is -2.27. The van der Waals surface area contributed by atoms with Crippen LogP contribution in [-0.2, 0) is 4.79 Å². The fourth-order valence-electron chi connectivity index (χ4n) is 3.09. The van der Waals surface area contributed by atoms with E-state index in [0.29, 0.717) is 34.9 Å². The minimum absolute atomic E-state index is 0.00200. The van der Waals surface area contributed by atoms with Gasteiger partial charge in [-0.25, -0.2) is 0 Å². The number of benzene rings is 2. The summed E-state index contributed by atoms with van der Waals surface area (Å²) in [6, 6.07) is 11.2. The summed E-state index contributed by atoms with van der Waals surface area (Å²) in [4.78, 5) is 14.9. The van der Waals surface area contributed by atoms with Crippen molar-refractivity contribution in [2.45, 2.75) is 20.8 Å². The van der Waals surface area contributed by atoms with Crippen molar-refractivity contribution in [1.82, 2.24) is 0 Å². The van der Waals surface area contributed by atoms with Gasteiger partial charge < -0.3 is 14.7 Å². The summed E-state index contributed by atoms with van der Waals surface area (Å²) in [5.41, 5.74) is 3.30. The molecule has 2 aromatic carbocycles. The van der Waals surface area contributed by atoms with Crippen molar-refractivity contribution in [3.63, 3.8) is 0 Å². The lowest BCUT2D eigenvalue weighted by atomic mass is 10.0. The fraction of sp³-hybridized carbons (Fsp3) is 0.286. The van der Waals surface area contributed by atoms with Crippen LogP contribution >= 0.6 is 15.9 Å². The molecule has 0 saturated carbocycles.